The van der Waals surface area contributed by atoms with Crippen LogP contribution >= 0.6 is 0 Å². The third-order valence-electron chi connectivity index (χ3n) is 6.64. The van der Waals surface area contributed by atoms with Gasteiger partial charge < -0.3 is 14.7 Å². The van der Waals surface area contributed by atoms with Crippen LogP contribution < -0.4 is 4.74 Å². The largest absolute Gasteiger partial charge is 0.508 e. The molecule has 1 fully saturated rings. The van der Waals surface area contributed by atoms with E-state index in [-0.39, 0.29) is 5.41 Å². The third-order valence-corrected chi connectivity index (χ3v) is 6.64. The normalized spacial score (nSPS) is 15.9. The molecule has 3 aromatic carbocycles. The zero-order chi connectivity index (χ0) is 22.4. The van der Waals surface area contributed by atoms with Gasteiger partial charge in [-0.15, -0.1) is 0 Å². The molecule has 0 saturated carbocycles. The second kappa shape index (κ2) is 10.0. The molecule has 32 heavy (non-hydrogen) atoms. The molecular weight excluding hydrogens is 398 g/mol. The Kier molecular flexibility index (Phi) is 6.91. The van der Waals surface area contributed by atoms with Crippen molar-refractivity contribution >= 4 is 6.29 Å². The van der Waals surface area contributed by atoms with E-state index in [1.807, 2.05) is 24.3 Å². The Morgan fingerprint density at radius 1 is 1.00 bits per heavy atom. The van der Waals surface area contributed by atoms with Crippen molar-refractivity contribution in [1.29, 1.82) is 0 Å². The van der Waals surface area contributed by atoms with Crippen molar-refractivity contribution in [3.05, 3.63) is 95.1 Å². The Morgan fingerprint density at radius 3 is 2.41 bits per heavy atom. The number of hydrogen-bond donors (Lipinski definition) is 1. The molecular formula is C28H31NO3. The summed E-state index contributed by atoms with van der Waals surface area (Å²) >= 11 is 0. The fraction of sp³-hybridized carbons (Fsp3) is 0.321. The molecule has 0 aliphatic carbocycles. The van der Waals surface area contributed by atoms with E-state index in [2.05, 4.69) is 48.3 Å². The maximum atomic E-state index is 10.9. The van der Waals surface area contributed by atoms with Gasteiger partial charge in [0.1, 0.15) is 17.8 Å². The number of phenols is 1. The molecule has 0 bridgehead atoms. The topological polar surface area (TPSA) is 49.8 Å². The highest BCUT2D eigenvalue weighted by molar-refractivity contribution is 5.74. The predicted octanol–water partition coefficient (Wildman–Crippen LogP) is 5.23. The van der Waals surface area contributed by atoms with Crippen molar-refractivity contribution < 1.29 is 14.6 Å². The fourth-order valence-electron chi connectivity index (χ4n) is 4.70. The lowest BCUT2D eigenvalue weighted by atomic mass is 9.67. The number of benzene rings is 3. The number of nitrogens with zero attached hydrogens (tertiary/aromatic N) is 1. The maximum absolute atomic E-state index is 10.9. The van der Waals surface area contributed by atoms with Crippen LogP contribution in [0.4, 0.5) is 0 Å². The van der Waals surface area contributed by atoms with Gasteiger partial charge in [-0.25, -0.2) is 0 Å². The zero-order valence-corrected chi connectivity index (χ0v) is 18.7. The van der Waals surface area contributed by atoms with Crippen LogP contribution in [0.25, 0.3) is 0 Å². The Morgan fingerprint density at radius 2 is 1.72 bits per heavy atom. The number of ether oxygens (including phenoxy) is 1. The van der Waals surface area contributed by atoms with Gasteiger partial charge >= 0.3 is 0 Å². The Balaban J connectivity index is 1.48. The fourth-order valence-corrected chi connectivity index (χ4v) is 4.70. The molecule has 1 saturated heterocycles. The van der Waals surface area contributed by atoms with Gasteiger partial charge in [-0.3, -0.25) is 4.79 Å². The molecule has 4 rings (SSSR count). The number of piperidine rings is 1. The van der Waals surface area contributed by atoms with Gasteiger partial charge in [0.2, 0.25) is 0 Å². The minimum Gasteiger partial charge on any atom is -0.508 e. The summed E-state index contributed by atoms with van der Waals surface area (Å²) in [4.78, 5) is 13.1. The number of hydrogen-bond acceptors (Lipinski definition) is 4. The molecule has 0 radical (unpaired) electrons. The van der Waals surface area contributed by atoms with Gasteiger partial charge in [-0.05, 0) is 87.3 Å². The number of aromatic hydroxyl groups is 1. The average molecular weight is 430 g/mol. The molecule has 0 aromatic heterocycles. The first-order chi connectivity index (χ1) is 15.6. The molecule has 166 valence electrons. The number of phenolic OH excluding ortho intramolecular Hbond substituents is 1. The van der Waals surface area contributed by atoms with Crippen molar-refractivity contribution in [1.82, 2.24) is 4.90 Å². The highest BCUT2D eigenvalue weighted by Crippen LogP contribution is 2.45. The summed E-state index contributed by atoms with van der Waals surface area (Å²) in [5, 5.41) is 10.9. The monoisotopic (exact) mass is 429 g/mol. The van der Waals surface area contributed by atoms with Gasteiger partial charge in [0.05, 0.1) is 6.61 Å². The second-order valence-corrected chi connectivity index (χ2v) is 8.74. The van der Waals surface area contributed by atoms with Crippen molar-refractivity contribution in [2.45, 2.75) is 31.1 Å². The van der Waals surface area contributed by atoms with Crippen LogP contribution in [0.1, 0.15) is 46.3 Å². The molecule has 1 aliphatic rings. The summed E-state index contributed by atoms with van der Waals surface area (Å²) < 4.78 is 5.83. The lowest BCUT2D eigenvalue weighted by molar-refractivity contribution is 0.112. The van der Waals surface area contributed by atoms with Crippen LogP contribution in [-0.2, 0) is 11.8 Å². The van der Waals surface area contributed by atoms with E-state index in [4.69, 9.17) is 4.74 Å². The third kappa shape index (κ3) is 4.86. The van der Waals surface area contributed by atoms with Crippen LogP contribution in [0.2, 0.25) is 0 Å². The molecule has 3 aromatic rings. The van der Waals surface area contributed by atoms with Gasteiger partial charge in [-0.1, -0.05) is 42.5 Å². The Labute approximate surface area is 190 Å². The first-order valence-corrected chi connectivity index (χ1v) is 11.4. The summed E-state index contributed by atoms with van der Waals surface area (Å²) in [7, 11) is 2.16. The SMILES string of the molecule is CN1CCC(c2ccccc2)(c2cc(CCCOc3ccc(C=O)cc3)ccc2O)CC1. The molecule has 4 heteroatoms. The second-order valence-electron chi connectivity index (χ2n) is 8.74. The molecule has 1 N–H and O–H groups in total. The number of aryl methyl sites for hydroxylation is 1. The molecule has 4 nitrogen and oxygen atoms in total. The molecule has 0 amide bonds. The smallest absolute Gasteiger partial charge is 0.150 e. The summed E-state index contributed by atoms with van der Waals surface area (Å²) in [6.07, 6.45) is 4.57. The lowest BCUT2D eigenvalue weighted by Gasteiger charge is -2.42. The zero-order valence-electron chi connectivity index (χ0n) is 18.7. The minimum absolute atomic E-state index is 0.162. The van der Waals surface area contributed by atoms with E-state index in [1.54, 1.807) is 12.1 Å². The number of likely N-dealkylation sites (tertiary alicyclic amines) is 1. The van der Waals surface area contributed by atoms with Crippen molar-refractivity contribution in [2.24, 2.45) is 0 Å². The van der Waals surface area contributed by atoms with Crippen LogP contribution in [0.3, 0.4) is 0 Å². The summed E-state index contributed by atoms with van der Waals surface area (Å²) in [6, 6.07) is 23.9. The van der Waals surface area contributed by atoms with Gasteiger partial charge in [0.15, 0.2) is 0 Å². The van der Waals surface area contributed by atoms with Gasteiger partial charge in [0, 0.05) is 16.5 Å². The lowest BCUT2D eigenvalue weighted by Crippen LogP contribution is -2.41. The highest BCUT2D eigenvalue weighted by atomic mass is 16.5. The molecule has 1 heterocycles. The number of rotatable bonds is 8. The number of aldehydes is 1. The number of carbonyl (C=O) groups is 1. The van der Waals surface area contributed by atoms with E-state index in [0.717, 1.165) is 56.4 Å². The summed E-state index contributed by atoms with van der Waals surface area (Å²) in [5.74, 6) is 1.16. The minimum atomic E-state index is -0.162. The highest BCUT2D eigenvalue weighted by Gasteiger charge is 2.39. The van der Waals surface area contributed by atoms with E-state index >= 15 is 0 Å². The first-order valence-electron chi connectivity index (χ1n) is 11.4. The molecule has 1 aliphatic heterocycles. The van der Waals surface area contributed by atoms with Crippen molar-refractivity contribution in [2.75, 3.05) is 26.7 Å². The molecule has 0 atom stereocenters. The van der Waals surface area contributed by atoms with Crippen LogP contribution in [-0.4, -0.2) is 43.0 Å². The van der Waals surface area contributed by atoms with Gasteiger partial charge in [0.25, 0.3) is 0 Å². The van der Waals surface area contributed by atoms with Crippen molar-refractivity contribution in [3.8, 4) is 11.5 Å². The predicted molar refractivity (Wildman–Crippen MR) is 128 cm³/mol. The quantitative estimate of drug-likeness (QED) is 0.394. The summed E-state index contributed by atoms with van der Waals surface area (Å²) in [6.45, 7) is 2.62. The molecule has 0 spiro atoms. The van der Waals surface area contributed by atoms with E-state index in [9.17, 15) is 9.90 Å². The Bertz CT molecular complexity index is 1020. The first kappa shape index (κ1) is 22.1. The summed E-state index contributed by atoms with van der Waals surface area (Å²) in [5.41, 5.74) is 4.02. The van der Waals surface area contributed by atoms with E-state index < -0.39 is 0 Å². The average Bonchev–Trinajstić information content (AvgIpc) is 2.84. The van der Waals surface area contributed by atoms with E-state index in [0.29, 0.717) is 17.9 Å². The van der Waals surface area contributed by atoms with E-state index in [1.165, 1.54) is 11.1 Å². The molecule has 0 unspecified atom stereocenters. The number of carbonyl (C=O) groups excluding carboxylic acids is 1. The standard InChI is InChI=1S/C28H31NO3/c1-29-17-15-28(16-18-29,24-7-3-2-4-8-24)26-20-22(11-14-27(26)31)6-5-19-32-25-12-9-23(21-30)10-13-25/h2-4,7-14,20-21,31H,5-6,15-19H2,1H3. The van der Waals surface area contributed by atoms with Crippen molar-refractivity contribution in [3.63, 3.8) is 0 Å². The maximum Gasteiger partial charge on any atom is 0.150 e. The van der Waals surface area contributed by atoms with Crippen LogP contribution in [0.5, 0.6) is 11.5 Å². The Hall–Kier alpha value is -3.11. The van der Waals surface area contributed by atoms with Crippen LogP contribution in [0.15, 0.2) is 72.8 Å². The van der Waals surface area contributed by atoms with Gasteiger partial charge in [-0.2, -0.15) is 0 Å². The van der Waals surface area contributed by atoms with Crippen LogP contribution in [0, 0.1) is 0 Å².